The highest BCUT2D eigenvalue weighted by atomic mass is 35.5. The molecule has 2 aliphatic heterocycles. The van der Waals surface area contributed by atoms with Gasteiger partial charge in [-0.05, 0) is 62.1 Å². The van der Waals surface area contributed by atoms with Crippen LogP contribution in [-0.4, -0.2) is 63.6 Å². The number of rotatable bonds is 4. The third-order valence-corrected chi connectivity index (χ3v) is 9.05. The molecule has 6 rings (SSSR count). The van der Waals surface area contributed by atoms with E-state index in [0.29, 0.717) is 42.5 Å². The summed E-state index contributed by atoms with van der Waals surface area (Å²) in [7, 11) is 0. The van der Waals surface area contributed by atoms with Crippen LogP contribution in [0.25, 0.3) is 5.52 Å². The van der Waals surface area contributed by atoms with Gasteiger partial charge in [0, 0.05) is 35.6 Å². The van der Waals surface area contributed by atoms with Crippen molar-refractivity contribution in [2.75, 3.05) is 13.1 Å². The molecule has 7 nitrogen and oxygen atoms in total. The minimum absolute atomic E-state index is 0.183. The molecule has 1 spiro atoms. The maximum atomic E-state index is 15.3. The largest absolute Gasteiger partial charge is 0.362 e. The summed E-state index contributed by atoms with van der Waals surface area (Å²) in [5.41, 5.74) is 1.01. The van der Waals surface area contributed by atoms with Crippen molar-refractivity contribution in [3.63, 3.8) is 0 Å². The predicted octanol–water partition coefficient (Wildman–Crippen LogP) is 4.93. The van der Waals surface area contributed by atoms with E-state index in [2.05, 4.69) is 10.3 Å². The van der Waals surface area contributed by atoms with Gasteiger partial charge in [-0.3, -0.25) is 9.59 Å². The Bertz CT molecular complexity index is 1390. The number of pyridine rings is 1. The second-order valence-electron chi connectivity index (χ2n) is 11.1. The van der Waals surface area contributed by atoms with Gasteiger partial charge in [0.1, 0.15) is 18.1 Å². The summed E-state index contributed by atoms with van der Waals surface area (Å²) in [4.78, 5) is 33.2. The Hall–Kier alpha value is -3.04. The first kappa shape index (κ1) is 26.2. The number of nitrogens with zero attached hydrogens (tertiary/aromatic N) is 3. The molecule has 0 bridgehead atoms. The summed E-state index contributed by atoms with van der Waals surface area (Å²) in [6, 6.07) is 7.35. The maximum absolute atomic E-state index is 15.3. The van der Waals surface area contributed by atoms with Crippen molar-refractivity contribution in [3.05, 3.63) is 71.0 Å². The number of nitrogens with one attached hydrogen (secondary N) is 1. The second-order valence-corrected chi connectivity index (χ2v) is 11.6. The molecule has 10 heteroatoms. The number of piperidine rings is 1. The lowest BCUT2D eigenvalue weighted by Gasteiger charge is -2.40. The van der Waals surface area contributed by atoms with Crippen LogP contribution in [0.5, 0.6) is 0 Å². The zero-order valence-corrected chi connectivity index (χ0v) is 22.4. The number of benzene rings is 1. The molecule has 1 N–H and O–H groups in total. The zero-order chi connectivity index (χ0) is 27.3. The summed E-state index contributed by atoms with van der Waals surface area (Å²) in [6.45, 7) is 2.28. The molecular formula is C29H31ClF2N4O3. The van der Waals surface area contributed by atoms with Gasteiger partial charge >= 0.3 is 0 Å². The Balaban J connectivity index is 1.30. The molecule has 3 aromatic rings. The minimum Gasteiger partial charge on any atom is -0.362 e. The van der Waals surface area contributed by atoms with Crippen LogP contribution in [0.3, 0.4) is 0 Å². The van der Waals surface area contributed by atoms with Crippen molar-refractivity contribution in [2.24, 2.45) is 5.41 Å². The summed E-state index contributed by atoms with van der Waals surface area (Å²) in [5, 5.41) is 3.36. The second kappa shape index (κ2) is 10.2. The lowest BCUT2D eigenvalue weighted by molar-refractivity contribution is -0.137. The highest BCUT2D eigenvalue weighted by Gasteiger charge is 2.59. The number of halogens is 3. The third-order valence-electron chi connectivity index (χ3n) is 8.83. The average Bonchev–Trinajstić information content (AvgIpc) is 3.65. The van der Waals surface area contributed by atoms with Crippen molar-refractivity contribution in [1.29, 1.82) is 0 Å². The van der Waals surface area contributed by atoms with Crippen molar-refractivity contribution in [1.82, 2.24) is 19.6 Å². The topological polar surface area (TPSA) is 75.9 Å². The fourth-order valence-electron chi connectivity index (χ4n) is 6.96. The van der Waals surface area contributed by atoms with Gasteiger partial charge in [-0.15, -0.1) is 0 Å². The Labute approximate surface area is 230 Å². The van der Waals surface area contributed by atoms with E-state index in [4.69, 9.17) is 16.3 Å². The van der Waals surface area contributed by atoms with E-state index in [1.54, 1.807) is 46.9 Å². The van der Waals surface area contributed by atoms with Crippen LogP contribution in [0.2, 0.25) is 5.02 Å². The normalized spacial score (nSPS) is 28.3. The summed E-state index contributed by atoms with van der Waals surface area (Å²) in [6.07, 6.45) is 5.70. The van der Waals surface area contributed by atoms with Gasteiger partial charge in [0.2, 0.25) is 5.91 Å². The third kappa shape index (κ3) is 4.59. The number of alkyl halides is 1. The van der Waals surface area contributed by atoms with Crippen molar-refractivity contribution < 1.29 is 23.1 Å². The number of fused-ring (bicyclic) bond motifs is 1. The monoisotopic (exact) mass is 556 g/mol. The molecule has 3 aliphatic rings. The van der Waals surface area contributed by atoms with E-state index >= 15 is 4.39 Å². The molecule has 1 aromatic carbocycles. The van der Waals surface area contributed by atoms with Gasteiger partial charge in [-0.25, -0.2) is 13.8 Å². The lowest BCUT2D eigenvalue weighted by Crippen LogP contribution is -2.56. The number of hydrogen-bond donors (Lipinski definition) is 1. The van der Waals surface area contributed by atoms with Gasteiger partial charge in [0.05, 0.1) is 35.8 Å². The first-order chi connectivity index (χ1) is 18.8. The van der Waals surface area contributed by atoms with Crippen LogP contribution >= 0.6 is 11.6 Å². The van der Waals surface area contributed by atoms with Crippen LogP contribution in [0.1, 0.15) is 60.9 Å². The molecule has 3 unspecified atom stereocenters. The standard InChI is InChI=1S/C29H31ClF2N4O3/c1-17-25(32)29(7-2-3-8-29)26(39-17)27(37)34-23-15-35(10-6-21(23)18-11-19(30)13-20(31)12-18)28(38)22-5-4-9-36-16-33-14-24(22)36/h4-5,9,11-14,16-17,21,23,25-26H,2-3,6-8,10,15H2,1H3,(H,34,37)/t17?,21-,23+,25?,26?/m0/s1. The predicted molar refractivity (Wildman–Crippen MR) is 142 cm³/mol. The van der Waals surface area contributed by atoms with Gasteiger partial charge < -0.3 is 19.4 Å². The number of carbonyl (C=O) groups is 2. The Morgan fingerprint density at radius 3 is 2.79 bits per heavy atom. The molecule has 3 fully saturated rings. The molecule has 2 saturated heterocycles. The number of hydrogen-bond acceptors (Lipinski definition) is 4. The van der Waals surface area contributed by atoms with E-state index < -0.39 is 35.7 Å². The Morgan fingerprint density at radius 2 is 2.03 bits per heavy atom. The van der Waals surface area contributed by atoms with Crippen LogP contribution in [0, 0.1) is 11.2 Å². The summed E-state index contributed by atoms with van der Waals surface area (Å²) >= 11 is 6.18. The highest BCUT2D eigenvalue weighted by Crippen LogP contribution is 2.52. The maximum Gasteiger partial charge on any atom is 0.256 e. The molecule has 4 heterocycles. The van der Waals surface area contributed by atoms with Crippen molar-refractivity contribution in [2.45, 2.75) is 69.4 Å². The van der Waals surface area contributed by atoms with E-state index in [9.17, 15) is 14.0 Å². The molecule has 1 saturated carbocycles. The van der Waals surface area contributed by atoms with Gasteiger partial charge in [-0.1, -0.05) is 24.4 Å². The van der Waals surface area contributed by atoms with E-state index in [0.717, 1.165) is 12.8 Å². The summed E-state index contributed by atoms with van der Waals surface area (Å²) < 4.78 is 37.4. The fourth-order valence-corrected chi connectivity index (χ4v) is 7.19. The van der Waals surface area contributed by atoms with Gasteiger partial charge in [0.15, 0.2) is 0 Å². The van der Waals surface area contributed by atoms with E-state index in [1.807, 2.05) is 6.20 Å². The van der Waals surface area contributed by atoms with E-state index in [1.165, 1.54) is 12.1 Å². The van der Waals surface area contributed by atoms with Crippen LogP contribution in [0.4, 0.5) is 8.78 Å². The molecule has 2 aromatic heterocycles. The van der Waals surface area contributed by atoms with Gasteiger partial charge in [-0.2, -0.15) is 0 Å². The summed E-state index contributed by atoms with van der Waals surface area (Å²) in [5.74, 6) is -1.32. The fraction of sp³-hybridized carbons (Fsp3) is 0.483. The average molecular weight is 557 g/mol. The molecule has 5 atom stereocenters. The first-order valence-corrected chi connectivity index (χ1v) is 13.9. The molecular weight excluding hydrogens is 526 g/mol. The number of amides is 2. The van der Waals surface area contributed by atoms with E-state index in [-0.39, 0.29) is 29.3 Å². The number of carbonyl (C=O) groups excluding carboxylic acids is 2. The first-order valence-electron chi connectivity index (χ1n) is 13.5. The Kier molecular flexibility index (Phi) is 6.83. The van der Waals surface area contributed by atoms with Crippen LogP contribution in [0.15, 0.2) is 49.1 Å². The molecule has 1 aliphatic carbocycles. The quantitative estimate of drug-likeness (QED) is 0.494. The number of likely N-dealkylation sites (tertiary alicyclic amines) is 1. The van der Waals surface area contributed by atoms with Gasteiger partial charge in [0.25, 0.3) is 5.91 Å². The number of ether oxygens (including phenoxy) is 1. The van der Waals surface area contributed by atoms with Crippen molar-refractivity contribution in [3.8, 4) is 0 Å². The molecule has 206 valence electrons. The molecule has 2 amide bonds. The molecule has 0 radical (unpaired) electrons. The molecule has 39 heavy (non-hydrogen) atoms. The van der Waals surface area contributed by atoms with Crippen molar-refractivity contribution >= 4 is 28.9 Å². The Morgan fingerprint density at radius 1 is 1.23 bits per heavy atom. The lowest BCUT2D eigenvalue weighted by atomic mass is 9.76. The van der Waals surface area contributed by atoms with Crippen LogP contribution < -0.4 is 5.32 Å². The van der Waals surface area contributed by atoms with Crippen LogP contribution in [-0.2, 0) is 9.53 Å². The number of aromatic nitrogens is 2. The SMILES string of the molecule is CC1OC(C(=O)N[C@@H]2CN(C(=O)c3cccn4cncc34)CC[C@H]2c2cc(F)cc(Cl)c2)C2(CCCC2)C1F. The smallest absolute Gasteiger partial charge is 0.256 e. The highest BCUT2D eigenvalue weighted by molar-refractivity contribution is 6.30. The number of imidazole rings is 1. The minimum atomic E-state index is -1.21. The zero-order valence-electron chi connectivity index (χ0n) is 21.7.